The lowest BCUT2D eigenvalue weighted by atomic mass is 10.7. The maximum Gasteiger partial charge on any atom is 0.117 e. The Morgan fingerprint density at radius 3 is 2.57 bits per heavy atom. The molecule has 0 saturated carbocycles. The molecule has 0 aliphatic carbocycles. The van der Waals surface area contributed by atoms with Crippen molar-refractivity contribution in [1.82, 2.24) is 0 Å². The molecule has 7 heavy (non-hydrogen) atoms. The summed E-state index contributed by atoms with van der Waals surface area (Å²) in [6.07, 6.45) is 4.87. The molecule has 0 fully saturated rings. The molecule has 2 nitrogen and oxygen atoms in total. The highest BCUT2D eigenvalue weighted by Crippen LogP contribution is 1.73. The summed E-state index contributed by atoms with van der Waals surface area (Å²) in [5.41, 5.74) is 0. The molecule has 2 heteroatoms. The summed E-state index contributed by atoms with van der Waals surface area (Å²) < 4.78 is 0. The van der Waals surface area contributed by atoms with Gasteiger partial charge in [0, 0.05) is 6.21 Å². The Balaban J connectivity index is 2.98. The lowest BCUT2D eigenvalue weighted by molar-refractivity contribution is 0.269. The molecule has 0 bridgehead atoms. The summed E-state index contributed by atoms with van der Waals surface area (Å²) in [6, 6.07) is 0. The Morgan fingerprint density at radius 1 is 1.43 bits per heavy atom. The second-order valence-corrected chi connectivity index (χ2v) is 0.938. The summed E-state index contributed by atoms with van der Waals surface area (Å²) in [5, 5.41) is 3.45. The third kappa shape index (κ3) is 5.21. The maximum atomic E-state index is 4.52. The van der Waals surface area contributed by atoms with Crippen molar-refractivity contribution in [2.75, 3.05) is 0 Å². The van der Waals surface area contributed by atoms with E-state index in [1.807, 2.05) is 6.92 Å². The van der Waals surface area contributed by atoms with Gasteiger partial charge in [-0.15, -0.1) is 0 Å². The van der Waals surface area contributed by atoms with Crippen LogP contribution in [-0.4, -0.2) is 6.21 Å². The molecule has 0 unspecified atom stereocenters. The van der Waals surface area contributed by atoms with Gasteiger partial charge in [0.15, 0.2) is 0 Å². The smallest absolute Gasteiger partial charge is 0.117 e. The average Bonchev–Trinajstić information content (AvgIpc) is 1.69. The highest BCUT2D eigenvalue weighted by molar-refractivity contribution is 5.52. The van der Waals surface area contributed by atoms with Crippen molar-refractivity contribution in [3.63, 3.8) is 0 Å². The summed E-state index contributed by atoms with van der Waals surface area (Å²) in [5.74, 6) is 0. The van der Waals surface area contributed by atoms with E-state index in [9.17, 15) is 0 Å². The molecule has 0 saturated heterocycles. The summed E-state index contributed by atoms with van der Waals surface area (Å²) in [6.45, 7) is 3.66. The van der Waals surface area contributed by atoms with Crippen LogP contribution in [0.1, 0.15) is 13.8 Å². The molecule has 0 atom stereocenters. The Morgan fingerprint density at radius 2 is 2.14 bits per heavy atom. The maximum absolute atomic E-state index is 4.52. The van der Waals surface area contributed by atoms with Crippen LogP contribution < -0.4 is 0 Å². The first kappa shape index (κ1) is 6.21. The SMILES string of the molecule is CC=CON=CC. The summed E-state index contributed by atoms with van der Waals surface area (Å²) in [4.78, 5) is 4.52. The summed E-state index contributed by atoms with van der Waals surface area (Å²) >= 11 is 0. The van der Waals surface area contributed by atoms with Crippen LogP contribution >= 0.6 is 0 Å². The fraction of sp³-hybridized carbons (Fsp3) is 0.400. The van der Waals surface area contributed by atoms with Gasteiger partial charge >= 0.3 is 0 Å². The van der Waals surface area contributed by atoms with Gasteiger partial charge < -0.3 is 4.84 Å². The van der Waals surface area contributed by atoms with Crippen LogP contribution in [0.25, 0.3) is 0 Å². The first-order valence-corrected chi connectivity index (χ1v) is 2.16. The lowest BCUT2D eigenvalue weighted by Crippen LogP contribution is -1.63. The number of hydrogen-bond acceptors (Lipinski definition) is 2. The Hall–Kier alpha value is -0.790. The number of hydrogen-bond donors (Lipinski definition) is 0. The quantitative estimate of drug-likeness (QED) is 0.292. The zero-order valence-electron chi connectivity index (χ0n) is 4.59. The first-order chi connectivity index (χ1) is 3.41. The van der Waals surface area contributed by atoms with Crippen LogP contribution in [-0.2, 0) is 4.84 Å². The number of oxime groups is 1. The van der Waals surface area contributed by atoms with Gasteiger partial charge in [0.1, 0.15) is 6.26 Å². The lowest BCUT2D eigenvalue weighted by Gasteiger charge is -1.80. The van der Waals surface area contributed by atoms with E-state index in [1.54, 1.807) is 19.2 Å². The van der Waals surface area contributed by atoms with Gasteiger partial charge in [-0.1, -0.05) is 5.16 Å². The summed E-state index contributed by atoms with van der Waals surface area (Å²) in [7, 11) is 0. The number of allylic oxidation sites excluding steroid dienone is 1. The third-order valence-corrected chi connectivity index (χ3v) is 0.363. The largest absolute Gasteiger partial charge is 0.366 e. The normalized spacial score (nSPS) is 11.1. The van der Waals surface area contributed by atoms with Crippen LogP contribution in [0, 0.1) is 0 Å². The zero-order valence-corrected chi connectivity index (χ0v) is 4.59. The van der Waals surface area contributed by atoms with Crippen molar-refractivity contribution in [3.05, 3.63) is 12.3 Å². The van der Waals surface area contributed by atoms with Gasteiger partial charge in [0.05, 0.1) is 0 Å². The van der Waals surface area contributed by atoms with Gasteiger partial charge in [0.25, 0.3) is 0 Å². The van der Waals surface area contributed by atoms with Crippen LogP contribution in [0.2, 0.25) is 0 Å². The minimum Gasteiger partial charge on any atom is -0.366 e. The van der Waals surface area contributed by atoms with Crippen molar-refractivity contribution >= 4 is 6.21 Å². The Labute approximate surface area is 43.5 Å². The van der Waals surface area contributed by atoms with Crippen LogP contribution in [0.5, 0.6) is 0 Å². The second kappa shape index (κ2) is 5.21. The standard InChI is InChI=1S/C5H9NO/c1-3-5-7-6-4-2/h3-5H,1-2H3. The molecule has 40 valence electrons. The Bertz CT molecular complexity index is 66.1. The monoisotopic (exact) mass is 99.1 g/mol. The fourth-order valence-corrected chi connectivity index (χ4v) is 0.157. The van der Waals surface area contributed by atoms with Gasteiger partial charge in [0.2, 0.25) is 0 Å². The molecule has 0 spiro atoms. The molecule has 0 aliphatic heterocycles. The molecule has 0 N–H and O–H groups in total. The van der Waals surface area contributed by atoms with Crippen LogP contribution in [0.4, 0.5) is 0 Å². The second-order valence-electron chi connectivity index (χ2n) is 0.938. The molecule has 0 heterocycles. The predicted octanol–water partition coefficient (Wildman–Crippen LogP) is 1.54. The molecule has 0 aromatic heterocycles. The zero-order chi connectivity index (χ0) is 5.54. The molecular weight excluding hydrogens is 90.1 g/mol. The average molecular weight is 99.1 g/mol. The molecular formula is C5H9NO. The van der Waals surface area contributed by atoms with E-state index in [0.717, 1.165) is 0 Å². The van der Waals surface area contributed by atoms with Crippen LogP contribution in [0.15, 0.2) is 17.5 Å². The highest BCUT2D eigenvalue weighted by atomic mass is 16.6. The Kier molecular flexibility index (Phi) is 4.62. The van der Waals surface area contributed by atoms with Gasteiger partial charge in [-0.25, -0.2) is 0 Å². The molecule has 0 aromatic carbocycles. The first-order valence-electron chi connectivity index (χ1n) is 2.16. The molecule has 0 aliphatic rings. The number of rotatable bonds is 2. The van der Waals surface area contributed by atoms with E-state index >= 15 is 0 Å². The van der Waals surface area contributed by atoms with Gasteiger partial charge in [-0.2, -0.15) is 0 Å². The van der Waals surface area contributed by atoms with Crippen molar-refractivity contribution in [2.24, 2.45) is 5.16 Å². The van der Waals surface area contributed by atoms with Crippen molar-refractivity contribution in [2.45, 2.75) is 13.8 Å². The molecule has 0 radical (unpaired) electrons. The van der Waals surface area contributed by atoms with E-state index in [4.69, 9.17) is 0 Å². The number of nitrogens with zero attached hydrogens (tertiary/aromatic N) is 1. The van der Waals surface area contributed by atoms with Gasteiger partial charge in [-0.05, 0) is 19.9 Å². The van der Waals surface area contributed by atoms with E-state index in [0.29, 0.717) is 0 Å². The molecule has 0 aromatic rings. The van der Waals surface area contributed by atoms with E-state index in [-0.39, 0.29) is 0 Å². The van der Waals surface area contributed by atoms with Crippen molar-refractivity contribution in [3.8, 4) is 0 Å². The fourth-order valence-electron chi connectivity index (χ4n) is 0.157. The van der Waals surface area contributed by atoms with E-state index in [1.165, 1.54) is 6.26 Å². The van der Waals surface area contributed by atoms with Crippen LogP contribution in [0.3, 0.4) is 0 Å². The van der Waals surface area contributed by atoms with Crippen molar-refractivity contribution in [1.29, 1.82) is 0 Å². The van der Waals surface area contributed by atoms with E-state index < -0.39 is 0 Å². The van der Waals surface area contributed by atoms with Gasteiger partial charge in [-0.3, -0.25) is 0 Å². The third-order valence-electron chi connectivity index (χ3n) is 0.363. The minimum absolute atomic E-state index is 1.51. The predicted molar refractivity (Wildman–Crippen MR) is 30.1 cm³/mol. The minimum atomic E-state index is 1.51. The van der Waals surface area contributed by atoms with E-state index in [2.05, 4.69) is 9.99 Å². The molecule has 0 amide bonds. The van der Waals surface area contributed by atoms with Crippen molar-refractivity contribution < 1.29 is 4.84 Å². The highest BCUT2D eigenvalue weighted by Gasteiger charge is 1.58. The topological polar surface area (TPSA) is 21.6 Å². The molecule has 0 rings (SSSR count).